The van der Waals surface area contributed by atoms with Crippen molar-refractivity contribution >= 4 is 23.5 Å². The Morgan fingerprint density at radius 2 is 1.83 bits per heavy atom. The lowest BCUT2D eigenvalue weighted by Crippen LogP contribution is -2.17. The van der Waals surface area contributed by atoms with Gasteiger partial charge in [0.15, 0.2) is 11.6 Å². The minimum Gasteiger partial charge on any atom is -0.463 e. The van der Waals surface area contributed by atoms with Gasteiger partial charge in [-0.2, -0.15) is 0 Å². The first-order chi connectivity index (χ1) is 10.8. The summed E-state index contributed by atoms with van der Waals surface area (Å²) in [7, 11) is 0. The Kier molecular flexibility index (Phi) is 8.03. The van der Waals surface area contributed by atoms with Crippen LogP contribution in [-0.4, -0.2) is 18.0 Å². The Labute approximate surface area is 140 Å². The van der Waals surface area contributed by atoms with Crippen molar-refractivity contribution in [2.24, 2.45) is 5.92 Å². The van der Waals surface area contributed by atoms with Gasteiger partial charge < -0.3 is 9.47 Å². The van der Waals surface area contributed by atoms with Crippen molar-refractivity contribution < 1.29 is 23.5 Å². The van der Waals surface area contributed by atoms with Crippen LogP contribution in [-0.2, 0) is 14.3 Å². The summed E-state index contributed by atoms with van der Waals surface area (Å²) in [5.41, 5.74) is 0. The molecule has 0 N–H and O–H groups in total. The van der Waals surface area contributed by atoms with Crippen molar-refractivity contribution in [3.63, 3.8) is 0 Å². The summed E-state index contributed by atoms with van der Waals surface area (Å²) in [6, 6.07) is 4.01. The summed E-state index contributed by atoms with van der Waals surface area (Å²) < 4.78 is 23.6. The summed E-state index contributed by atoms with van der Waals surface area (Å²) >= 11 is 5.77. The van der Waals surface area contributed by atoms with Crippen molar-refractivity contribution in [3.05, 3.63) is 29.0 Å². The monoisotopic (exact) mass is 344 g/mol. The molecule has 1 rings (SSSR count). The van der Waals surface area contributed by atoms with Gasteiger partial charge in [0.1, 0.15) is 0 Å². The van der Waals surface area contributed by atoms with E-state index in [1.54, 1.807) is 0 Å². The topological polar surface area (TPSA) is 52.6 Å². The molecule has 0 spiro atoms. The SMILES string of the molecule is CC(C)CC(C)OC(=O)CCCC(=O)Oc1c(F)cccc1Cl. The van der Waals surface area contributed by atoms with Crippen LogP contribution in [0.2, 0.25) is 5.02 Å². The number of ether oxygens (including phenoxy) is 2. The van der Waals surface area contributed by atoms with E-state index in [-0.39, 0.29) is 42.1 Å². The van der Waals surface area contributed by atoms with Gasteiger partial charge in [0.2, 0.25) is 0 Å². The molecule has 0 aliphatic carbocycles. The molecule has 6 heteroatoms. The minimum atomic E-state index is -0.701. The number of rotatable bonds is 8. The van der Waals surface area contributed by atoms with Gasteiger partial charge in [-0.25, -0.2) is 4.39 Å². The molecule has 1 unspecified atom stereocenters. The zero-order chi connectivity index (χ0) is 17.4. The van der Waals surface area contributed by atoms with Crippen molar-refractivity contribution in [1.29, 1.82) is 0 Å². The second-order valence-corrected chi connectivity index (χ2v) is 6.22. The summed E-state index contributed by atoms with van der Waals surface area (Å²) in [6.07, 6.45) is 1.02. The highest BCUT2D eigenvalue weighted by Crippen LogP contribution is 2.27. The molecule has 1 aromatic carbocycles. The van der Waals surface area contributed by atoms with Crippen LogP contribution in [0.1, 0.15) is 46.5 Å². The third kappa shape index (κ3) is 7.46. The van der Waals surface area contributed by atoms with Gasteiger partial charge in [-0.3, -0.25) is 9.59 Å². The van der Waals surface area contributed by atoms with Crippen LogP contribution in [0, 0.1) is 11.7 Å². The lowest BCUT2D eigenvalue weighted by Gasteiger charge is -2.15. The molecule has 0 aliphatic heterocycles. The maximum absolute atomic E-state index is 13.5. The maximum atomic E-state index is 13.5. The zero-order valence-electron chi connectivity index (χ0n) is 13.6. The summed E-state index contributed by atoms with van der Waals surface area (Å²) in [6.45, 7) is 5.94. The molecular formula is C17H22ClFO4. The fourth-order valence-corrected chi connectivity index (χ4v) is 2.32. The Morgan fingerprint density at radius 1 is 1.17 bits per heavy atom. The summed E-state index contributed by atoms with van der Waals surface area (Å²) in [5.74, 6) is -1.53. The van der Waals surface area contributed by atoms with E-state index in [4.69, 9.17) is 21.1 Å². The highest BCUT2D eigenvalue weighted by molar-refractivity contribution is 6.32. The normalized spacial score (nSPS) is 12.1. The number of benzene rings is 1. The standard InChI is InChI=1S/C17H22ClFO4/c1-11(2)10-12(3)22-15(20)8-5-9-16(21)23-17-13(18)6-4-7-14(17)19/h4,6-7,11-12H,5,8-10H2,1-3H3. The van der Waals surface area contributed by atoms with Crippen LogP contribution in [0.4, 0.5) is 4.39 Å². The average molecular weight is 345 g/mol. The van der Waals surface area contributed by atoms with Crippen LogP contribution < -0.4 is 4.74 Å². The molecule has 128 valence electrons. The van der Waals surface area contributed by atoms with E-state index >= 15 is 0 Å². The van der Waals surface area contributed by atoms with E-state index in [1.165, 1.54) is 12.1 Å². The van der Waals surface area contributed by atoms with E-state index in [2.05, 4.69) is 0 Å². The highest BCUT2D eigenvalue weighted by atomic mass is 35.5. The van der Waals surface area contributed by atoms with Crippen molar-refractivity contribution in [2.45, 2.75) is 52.6 Å². The van der Waals surface area contributed by atoms with E-state index in [0.717, 1.165) is 12.5 Å². The Bertz CT molecular complexity index is 525. The second-order valence-electron chi connectivity index (χ2n) is 5.81. The maximum Gasteiger partial charge on any atom is 0.311 e. The van der Waals surface area contributed by atoms with E-state index in [9.17, 15) is 14.0 Å². The quantitative estimate of drug-likeness (QED) is 0.513. The first-order valence-corrected chi connectivity index (χ1v) is 8.01. The number of esters is 2. The van der Waals surface area contributed by atoms with Crippen molar-refractivity contribution in [3.8, 4) is 5.75 Å². The molecule has 1 aromatic rings. The summed E-state index contributed by atoms with van der Waals surface area (Å²) in [5, 5.41) is 0.0280. The molecule has 0 saturated heterocycles. The lowest BCUT2D eigenvalue weighted by molar-refractivity contribution is -0.149. The van der Waals surface area contributed by atoms with Gasteiger partial charge in [-0.05, 0) is 37.8 Å². The highest BCUT2D eigenvalue weighted by Gasteiger charge is 2.15. The van der Waals surface area contributed by atoms with E-state index in [0.29, 0.717) is 5.92 Å². The van der Waals surface area contributed by atoms with E-state index < -0.39 is 11.8 Å². The molecule has 0 saturated carbocycles. The predicted molar refractivity (Wildman–Crippen MR) is 85.9 cm³/mol. The lowest BCUT2D eigenvalue weighted by atomic mass is 10.1. The van der Waals surface area contributed by atoms with Crippen LogP contribution in [0.15, 0.2) is 18.2 Å². The smallest absolute Gasteiger partial charge is 0.311 e. The van der Waals surface area contributed by atoms with Gasteiger partial charge in [0.25, 0.3) is 0 Å². The van der Waals surface area contributed by atoms with Crippen LogP contribution in [0.5, 0.6) is 5.75 Å². The largest absolute Gasteiger partial charge is 0.463 e. The Balaban J connectivity index is 2.33. The molecule has 0 aliphatic rings. The molecule has 1 atom stereocenters. The zero-order valence-corrected chi connectivity index (χ0v) is 14.4. The predicted octanol–water partition coefficient (Wildman–Crippen LogP) is 4.53. The molecule has 0 amide bonds. The number of halogens is 2. The fourth-order valence-electron chi connectivity index (χ4n) is 2.12. The molecule has 23 heavy (non-hydrogen) atoms. The van der Waals surface area contributed by atoms with Crippen LogP contribution in [0.3, 0.4) is 0 Å². The number of carbonyl (C=O) groups is 2. The third-order valence-corrected chi connectivity index (χ3v) is 3.33. The molecule has 0 radical (unpaired) electrons. The molecule has 0 aromatic heterocycles. The number of hydrogen-bond acceptors (Lipinski definition) is 4. The summed E-state index contributed by atoms with van der Waals surface area (Å²) in [4.78, 5) is 23.3. The fraction of sp³-hybridized carbons (Fsp3) is 0.529. The Hall–Kier alpha value is -1.62. The van der Waals surface area contributed by atoms with E-state index in [1.807, 2.05) is 20.8 Å². The first-order valence-electron chi connectivity index (χ1n) is 7.63. The van der Waals surface area contributed by atoms with Crippen LogP contribution in [0.25, 0.3) is 0 Å². The van der Waals surface area contributed by atoms with Gasteiger partial charge in [-0.15, -0.1) is 0 Å². The minimum absolute atomic E-state index is 0.0156. The van der Waals surface area contributed by atoms with Gasteiger partial charge >= 0.3 is 11.9 Å². The van der Waals surface area contributed by atoms with Gasteiger partial charge in [0.05, 0.1) is 11.1 Å². The third-order valence-electron chi connectivity index (χ3n) is 3.03. The molecule has 4 nitrogen and oxygen atoms in total. The molecule has 0 heterocycles. The van der Waals surface area contributed by atoms with Crippen LogP contribution >= 0.6 is 11.6 Å². The number of para-hydroxylation sites is 1. The van der Waals surface area contributed by atoms with Crippen molar-refractivity contribution in [1.82, 2.24) is 0 Å². The molecule has 0 bridgehead atoms. The van der Waals surface area contributed by atoms with Crippen molar-refractivity contribution in [2.75, 3.05) is 0 Å². The average Bonchev–Trinajstić information content (AvgIpc) is 2.42. The first kappa shape index (κ1) is 19.4. The number of carbonyl (C=O) groups excluding carboxylic acids is 2. The van der Waals surface area contributed by atoms with Gasteiger partial charge in [-0.1, -0.05) is 31.5 Å². The number of hydrogen-bond donors (Lipinski definition) is 0. The molecular weight excluding hydrogens is 323 g/mol. The Morgan fingerprint density at radius 3 is 2.43 bits per heavy atom. The second kappa shape index (κ2) is 9.50. The molecule has 0 fully saturated rings. The van der Waals surface area contributed by atoms with Gasteiger partial charge in [0, 0.05) is 12.8 Å².